The lowest BCUT2D eigenvalue weighted by Gasteiger charge is -2.32. The van der Waals surface area contributed by atoms with E-state index in [1.807, 2.05) is 0 Å². The summed E-state index contributed by atoms with van der Waals surface area (Å²) in [5.74, 6) is 0.955. The Bertz CT molecular complexity index is 210. The Morgan fingerprint density at radius 1 is 1.38 bits per heavy atom. The highest BCUT2D eigenvalue weighted by atomic mass is 16.5. The maximum absolute atomic E-state index is 5.78. The third-order valence-electron chi connectivity index (χ3n) is 3.86. The minimum Gasteiger partial charge on any atom is -0.374 e. The first kappa shape index (κ1) is 12.3. The van der Waals surface area contributed by atoms with Gasteiger partial charge in [0, 0.05) is 25.7 Å². The van der Waals surface area contributed by atoms with Crippen LogP contribution in [0.15, 0.2) is 0 Å². The highest BCUT2D eigenvalue weighted by molar-refractivity contribution is 4.93. The molecule has 0 spiro atoms. The molecule has 1 heterocycles. The predicted octanol–water partition coefficient (Wildman–Crippen LogP) is 1.49. The quantitative estimate of drug-likeness (QED) is 0.742. The molecular formula is C13H26N2O. The van der Waals surface area contributed by atoms with Gasteiger partial charge in [-0.1, -0.05) is 20.3 Å². The smallest absolute Gasteiger partial charge is 0.0826 e. The highest BCUT2D eigenvalue weighted by Crippen LogP contribution is 2.34. The molecule has 0 amide bonds. The van der Waals surface area contributed by atoms with E-state index in [1.54, 1.807) is 0 Å². The molecule has 0 bridgehead atoms. The summed E-state index contributed by atoms with van der Waals surface area (Å²) in [6.07, 6.45) is 4.52. The van der Waals surface area contributed by atoms with Crippen molar-refractivity contribution in [3.05, 3.63) is 0 Å². The number of hydrogen-bond acceptors (Lipinski definition) is 3. The van der Waals surface area contributed by atoms with Crippen molar-refractivity contribution in [1.82, 2.24) is 10.2 Å². The average Bonchev–Trinajstić information content (AvgIpc) is 3.06. The molecule has 2 aliphatic rings. The molecule has 1 aliphatic heterocycles. The minimum absolute atomic E-state index is 0.413. The van der Waals surface area contributed by atoms with Gasteiger partial charge in [-0.25, -0.2) is 0 Å². The van der Waals surface area contributed by atoms with Gasteiger partial charge in [0.25, 0.3) is 0 Å². The van der Waals surface area contributed by atoms with Crippen LogP contribution in [-0.4, -0.2) is 49.8 Å². The number of nitrogens with zero attached hydrogens (tertiary/aromatic N) is 1. The van der Waals surface area contributed by atoms with E-state index in [0.717, 1.165) is 44.7 Å². The van der Waals surface area contributed by atoms with Gasteiger partial charge >= 0.3 is 0 Å². The van der Waals surface area contributed by atoms with Crippen molar-refractivity contribution in [3.63, 3.8) is 0 Å². The fourth-order valence-electron chi connectivity index (χ4n) is 2.66. The second kappa shape index (κ2) is 5.99. The topological polar surface area (TPSA) is 24.5 Å². The van der Waals surface area contributed by atoms with Gasteiger partial charge < -0.3 is 10.1 Å². The van der Waals surface area contributed by atoms with Crippen molar-refractivity contribution in [2.24, 2.45) is 5.92 Å². The summed E-state index contributed by atoms with van der Waals surface area (Å²) in [6, 6.07) is 0.792. The molecule has 1 saturated heterocycles. The van der Waals surface area contributed by atoms with Crippen LogP contribution in [0.2, 0.25) is 0 Å². The summed E-state index contributed by atoms with van der Waals surface area (Å²) in [4.78, 5) is 2.48. The van der Waals surface area contributed by atoms with Gasteiger partial charge in [0.2, 0.25) is 0 Å². The molecule has 3 nitrogen and oxygen atoms in total. The average molecular weight is 226 g/mol. The van der Waals surface area contributed by atoms with Crippen molar-refractivity contribution in [2.45, 2.75) is 45.3 Å². The molecule has 1 saturated carbocycles. The third kappa shape index (κ3) is 3.44. The van der Waals surface area contributed by atoms with E-state index in [1.165, 1.54) is 19.3 Å². The lowest BCUT2D eigenvalue weighted by atomic mass is 10.2. The third-order valence-corrected chi connectivity index (χ3v) is 3.86. The molecule has 3 unspecified atom stereocenters. The Balaban J connectivity index is 1.59. The number of likely N-dealkylation sites (N-methyl/N-ethyl adjacent to an activating group) is 1. The van der Waals surface area contributed by atoms with E-state index < -0.39 is 0 Å². The summed E-state index contributed by atoms with van der Waals surface area (Å²) in [6.45, 7) is 9.82. The normalized spacial score (nSPS) is 35.2. The van der Waals surface area contributed by atoms with Crippen LogP contribution in [0.4, 0.5) is 0 Å². The lowest BCUT2D eigenvalue weighted by Crippen LogP contribution is -2.46. The lowest BCUT2D eigenvalue weighted by molar-refractivity contribution is -0.0255. The second-order valence-electron chi connectivity index (χ2n) is 5.19. The van der Waals surface area contributed by atoms with Gasteiger partial charge in [-0.2, -0.15) is 0 Å². The first-order valence-corrected chi connectivity index (χ1v) is 6.90. The highest BCUT2D eigenvalue weighted by Gasteiger charge is 2.36. The van der Waals surface area contributed by atoms with Crippen LogP contribution in [0.5, 0.6) is 0 Å². The molecule has 1 aliphatic carbocycles. The van der Waals surface area contributed by atoms with Crippen molar-refractivity contribution in [1.29, 1.82) is 0 Å². The van der Waals surface area contributed by atoms with Crippen molar-refractivity contribution < 1.29 is 4.74 Å². The van der Waals surface area contributed by atoms with E-state index in [-0.39, 0.29) is 0 Å². The number of ether oxygens (including phenoxy) is 1. The molecule has 3 atom stereocenters. The van der Waals surface area contributed by atoms with E-state index in [0.29, 0.717) is 6.10 Å². The first-order valence-electron chi connectivity index (χ1n) is 6.90. The Morgan fingerprint density at radius 3 is 3.00 bits per heavy atom. The summed E-state index contributed by atoms with van der Waals surface area (Å²) in [5, 5.41) is 3.65. The van der Waals surface area contributed by atoms with Crippen LogP contribution in [0.25, 0.3) is 0 Å². The molecule has 2 fully saturated rings. The zero-order valence-corrected chi connectivity index (χ0v) is 10.7. The first-order chi connectivity index (χ1) is 7.83. The summed E-state index contributed by atoms with van der Waals surface area (Å²) in [7, 11) is 0. The van der Waals surface area contributed by atoms with Crippen LogP contribution in [0.1, 0.15) is 33.1 Å². The number of hydrogen-bond donors (Lipinski definition) is 1. The monoisotopic (exact) mass is 226 g/mol. The molecule has 3 heteroatoms. The van der Waals surface area contributed by atoms with Gasteiger partial charge in [-0.05, 0) is 25.3 Å². The number of morpholine rings is 1. The zero-order valence-electron chi connectivity index (χ0n) is 10.7. The maximum atomic E-state index is 5.78. The van der Waals surface area contributed by atoms with Crippen LogP contribution < -0.4 is 5.32 Å². The Morgan fingerprint density at radius 2 is 2.25 bits per heavy atom. The van der Waals surface area contributed by atoms with Crippen molar-refractivity contribution >= 4 is 0 Å². The fraction of sp³-hybridized carbons (Fsp3) is 1.00. The molecule has 0 aromatic carbocycles. The van der Waals surface area contributed by atoms with Crippen LogP contribution in [-0.2, 0) is 4.74 Å². The maximum Gasteiger partial charge on any atom is 0.0826 e. The van der Waals surface area contributed by atoms with E-state index in [2.05, 4.69) is 24.1 Å². The summed E-state index contributed by atoms with van der Waals surface area (Å²) < 4.78 is 5.78. The van der Waals surface area contributed by atoms with Gasteiger partial charge in [-0.3, -0.25) is 4.90 Å². The van der Waals surface area contributed by atoms with Crippen molar-refractivity contribution in [3.8, 4) is 0 Å². The molecule has 1 N–H and O–H groups in total. The standard InChI is InChI=1S/C13H26N2O/c1-3-5-11-8-13(11)14-9-12-10-15(4-2)6-7-16-12/h11-14H,3-10H2,1-2H3. The Kier molecular flexibility index (Phi) is 4.62. The van der Waals surface area contributed by atoms with Gasteiger partial charge in [0.1, 0.15) is 0 Å². The predicted molar refractivity (Wildman–Crippen MR) is 66.7 cm³/mol. The molecule has 0 aromatic rings. The molecule has 0 aromatic heterocycles. The van der Waals surface area contributed by atoms with Crippen LogP contribution in [0.3, 0.4) is 0 Å². The second-order valence-corrected chi connectivity index (χ2v) is 5.19. The van der Waals surface area contributed by atoms with Crippen molar-refractivity contribution in [2.75, 3.05) is 32.8 Å². The van der Waals surface area contributed by atoms with Crippen LogP contribution in [0, 0.1) is 5.92 Å². The Labute approximate surface area is 99.5 Å². The number of nitrogens with one attached hydrogen (secondary N) is 1. The Hall–Kier alpha value is -0.120. The van der Waals surface area contributed by atoms with E-state index >= 15 is 0 Å². The zero-order chi connectivity index (χ0) is 11.4. The van der Waals surface area contributed by atoms with Crippen LogP contribution >= 0.6 is 0 Å². The molecule has 2 rings (SSSR count). The molecule has 16 heavy (non-hydrogen) atoms. The fourth-order valence-corrected chi connectivity index (χ4v) is 2.66. The SMILES string of the molecule is CCCC1CC1NCC1CN(CC)CCO1. The molecule has 0 radical (unpaired) electrons. The van der Waals surface area contributed by atoms with Gasteiger partial charge in [-0.15, -0.1) is 0 Å². The molecular weight excluding hydrogens is 200 g/mol. The number of rotatable bonds is 6. The van der Waals surface area contributed by atoms with Gasteiger partial charge in [0.05, 0.1) is 12.7 Å². The van der Waals surface area contributed by atoms with E-state index in [9.17, 15) is 0 Å². The summed E-state index contributed by atoms with van der Waals surface area (Å²) in [5.41, 5.74) is 0. The largest absolute Gasteiger partial charge is 0.374 e. The van der Waals surface area contributed by atoms with Gasteiger partial charge in [0.15, 0.2) is 0 Å². The molecule has 94 valence electrons. The van der Waals surface area contributed by atoms with E-state index in [4.69, 9.17) is 4.74 Å². The summed E-state index contributed by atoms with van der Waals surface area (Å²) >= 11 is 0. The minimum atomic E-state index is 0.413.